The first-order chi connectivity index (χ1) is 15.3. The van der Waals surface area contributed by atoms with E-state index in [2.05, 4.69) is 21.9 Å². The number of hydrogen-bond donors (Lipinski definition) is 5. The molecule has 4 rings (SSSR count). The second-order valence-corrected chi connectivity index (χ2v) is 9.49. The number of carbonyl (C=O) groups excluding carboxylic acids is 1. The highest BCUT2D eigenvalue weighted by atomic mass is 32.2. The maximum absolute atomic E-state index is 11.6. The molecule has 1 aromatic carbocycles. The van der Waals surface area contributed by atoms with E-state index in [1.807, 2.05) is 0 Å². The van der Waals surface area contributed by atoms with Crippen LogP contribution in [0.2, 0.25) is 0 Å². The molecule has 0 bridgehead atoms. The minimum Gasteiger partial charge on any atom is -0.511 e. The summed E-state index contributed by atoms with van der Waals surface area (Å²) in [4.78, 5) is 20.6. The molecule has 172 valence electrons. The first-order valence-corrected chi connectivity index (χ1v) is 11.6. The molecule has 1 fully saturated rings. The van der Waals surface area contributed by atoms with Crippen LogP contribution in [0.1, 0.15) is 11.9 Å². The van der Waals surface area contributed by atoms with Gasteiger partial charge in [-0.25, -0.2) is 4.98 Å². The number of benzene rings is 1. The van der Waals surface area contributed by atoms with Crippen LogP contribution in [0.3, 0.4) is 0 Å². The van der Waals surface area contributed by atoms with Gasteiger partial charge in [0.1, 0.15) is 52.0 Å². The Kier molecular flexibility index (Phi) is 6.70. The summed E-state index contributed by atoms with van der Waals surface area (Å²) in [6.07, 6.45) is -4.97. The van der Waals surface area contributed by atoms with Gasteiger partial charge < -0.3 is 35.2 Å². The third-order valence-corrected chi connectivity index (χ3v) is 7.29. The maximum Gasteiger partial charge on any atom is 0.223 e. The fourth-order valence-corrected chi connectivity index (χ4v) is 5.58. The van der Waals surface area contributed by atoms with E-state index in [4.69, 9.17) is 9.47 Å². The Morgan fingerprint density at radius 3 is 2.81 bits per heavy atom. The molecule has 3 heterocycles. The molecule has 1 aromatic heterocycles. The number of thiazole rings is 1. The quantitative estimate of drug-likeness (QED) is 0.372. The van der Waals surface area contributed by atoms with Crippen LogP contribution >= 0.6 is 23.1 Å². The SMILES string of the molecule is C=C(O)[C@H]1CSC(c2nc3ccc(O[C@@H]4O[C@H](CO)[C@H](O)[C@H](O)[C@H]4NC(C)=O)cc3s2)=N1. The van der Waals surface area contributed by atoms with E-state index < -0.39 is 43.2 Å². The molecule has 0 radical (unpaired) electrons. The van der Waals surface area contributed by atoms with Crippen molar-refractivity contribution in [2.75, 3.05) is 12.4 Å². The highest BCUT2D eigenvalue weighted by Gasteiger charge is 2.46. The molecule has 10 nitrogen and oxygen atoms in total. The fourth-order valence-electron chi connectivity index (χ4n) is 3.44. The van der Waals surface area contributed by atoms with Crippen molar-refractivity contribution in [2.45, 2.75) is 43.6 Å². The average Bonchev–Trinajstić information content (AvgIpc) is 3.40. The number of fused-ring (bicyclic) bond motifs is 1. The summed E-state index contributed by atoms with van der Waals surface area (Å²) < 4.78 is 12.3. The zero-order valence-electron chi connectivity index (χ0n) is 17.0. The Labute approximate surface area is 191 Å². The minimum atomic E-state index is -1.39. The van der Waals surface area contributed by atoms with Gasteiger partial charge >= 0.3 is 0 Å². The van der Waals surface area contributed by atoms with Crippen molar-refractivity contribution in [3.8, 4) is 5.75 Å². The van der Waals surface area contributed by atoms with Gasteiger partial charge in [0.25, 0.3) is 0 Å². The molecular weight excluding hydrogens is 458 g/mol. The lowest BCUT2D eigenvalue weighted by atomic mass is 9.97. The summed E-state index contributed by atoms with van der Waals surface area (Å²) in [5.74, 6) is 0.607. The molecule has 0 unspecified atom stereocenters. The third kappa shape index (κ3) is 4.60. The van der Waals surface area contributed by atoms with E-state index in [1.165, 1.54) is 30.0 Å². The molecule has 1 amide bonds. The predicted molar refractivity (Wildman–Crippen MR) is 120 cm³/mol. The standard InChI is InChI=1S/C20H23N3O7S2/c1-8(25)12-7-31-18(23-12)19-22-11-4-3-10(5-14(11)32-19)29-20-15(21-9(2)26)17(28)16(27)13(6-24)30-20/h3-5,12-13,15-17,20,24-25,27-28H,1,6-7H2,2H3,(H,21,26)/t12-,13-,15-,16+,17-,20-/m1/s1. The zero-order chi connectivity index (χ0) is 23.0. The van der Waals surface area contributed by atoms with Crippen LogP contribution in [0.4, 0.5) is 0 Å². The van der Waals surface area contributed by atoms with E-state index in [1.54, 1.807) is 18.2 Å². The highest BCUT2D eigenvalue weighted by Crippen LogP contribution is 2.33. The largest absolute Gasteiger partial charge is 0.511 e. The van der Waals surface area contributed by atoms with E-state index in [9.17, 15) is 25.2 Å². The molecule has 32 heavy (non-hydrogen) atoms. The Morgan fingerprint density at radius 1 is 1.38 bits per heavy atom. The van der Waals surface area contributed by atoms with Gasteiger partial charge in [0, 0.05) is 12.7 Å². The summed E-state index contributed by atoms with van der Waals surface area (Å²) in [6, 6.07) is 3.81. The number of amides is 1. The van der Waals surface area contributed by atoms with Crippen LogP contribution in [0, 0.1) is 0 Å². The van der Waals surface area contributed by atoms with Crippen LogP contribution in [0.15, 0.2) is 35.5 Å². The van der Waals surface area contributed by atoms with Gasteiger partial charge in [-0.1, -0.05) is 6.58 Å². The lowest BCUT2D eigenvalue weighted by molar-refractivity contribution is -0.244. The summed E-state index contributed by atoms with van der Waals surface area (Å²) in [7, 11) is 0. The van der Waals surface area contributed by atoms with Crippen molar-refractivity contribution in [3.63, 3.8) is 0 Å². The molecule has 2 aliphatic rings. The van der Waals surface area contributed by atoms with Gasteiger partial charge in [0.15, 0.2) is 0 Å². The second-order valence-electron chi connectivity index (χ2n) is 7.45. The van der Waals surface area contributed by atoms with Crippen molar-refractivity contribution in [3.05, 3.63) is 35.5 Å². The lowest BCUT2D eigenvalue weighted by Gasteiger charge is -2.42. The molecule has 5 N–H and O–H groups in total. The van der Waals surface area contributed by atoms with E-state index in [-0.39, 0.29) is 11.8 Å². The van der Waals surface area contributed by atoms with E-state index >= 15 is 0 Å². The molecule has 2 aliphatic heterocycles. The second kappa shape index (κ2) is 9.33. The van der Waals surface area contributed by atoms with Gasteiger partial charge in [-0.3, -0.25) is 9.79 Å². The molecule has 1 saturated heterocycles. The number of aliphatic hydroxyl groups is 4. The van der Waals surface area contributed by atoms with Crippen molar-refractivity contribution >= 4 is 44.3 Å². The smallest absolute Gasteiger partial charge is 0.223 e. The number of aliphatic imine (C=N–C) groups is 1. The average molecular weight is 482 g/mol. The fraction of sp³-hybridized carbons (Fsp3) is 0.450. The third-order valence-electron chi connectivity index (χ3n) is 5.08. The molecule has 6 atom stereocenters. The van der Waals surface area contributed by atoms with E-state index in [0.717, 1.165) is 20.3 Å². The number of thioether (sulfide) groups is 1. The number of carbonyl (C=O) groups is 1. The number of rotatable bonds is 6. The molecule has 12 heteroatoms. The Bertz CT molecular complexity index is 1060. The molecule has 2 aromatic rings. The number of nitrogens with one attached hydrogen (secondary N) is 1. The monoisotopic (exact) mass is 481 g/mol. The Morgan fingerprint density at radius 2 is 2.16 bits per heavy atom. The number of ether oxygens (including phenoxy) is 2. The van der Waals surface area contributed by atoms with Crippen molar-refractivity contribution in [1.82, 2.24) is 10.3 Å². The van der Waals surface area contributed by atoms with Crippen molar-refractivity contribution < 1.29 is 34.7 Å². The Balaban J connectivity index is 1.57. The summed E-state index contributed by atoms with van der Waals surface area (Å²) in [5, 5.41) is 43.5. The highest BCUT2D eigenvalue weighted by molar-refractivity contribution is 8.15. The van der Waals surface area contributed by atoms with Crippen LogP contribution in [0.25, 0.3) is 10.2 Å². The van der Waals surface area contributed by atoms with Gasteiger partial charge in [0.2, 0.25) is 12.2 Å². The van der Waals surface area contributed by atoms with Crippen LogP contribution in [0.5, 0.6) is 5.75 Å². The zero-order valence-corrected chi connectivity index (χ0v) is 18.7. The van der Waals surface area contributed by atoms with Crippen molar-refractivity contribution in [2.24, 2.45) is 4.99 Å². The number of nitrogens with zero attached hydrogens (tertiary/aromatic N) is 2. The first-order valence-electron chi connectivity index (χ1n) is 9.82. The number of aliphatic hydroxyl groups excluding tert-OH is 4. The van der Waals surface area contributed by atoms with Crippen LogP contribution in [-0.2, 0) is 9.53 Å². The normalized spacial score (nSPS) is 30.2. The van der Waals surface area contributed by atoms with Crippen LogP contribution in [-0.4, -0.2) is 85.4 Å². The maximum atomic E-state index is 11.6. The van der Waals surface area contributed by atoms with Crippen molar-refractivity contribution in [1.29, 1.82) is 0 Å². The number of hydrogen-bond acceptors (Lipinski definition) is 11. The molecule has 0 aliphatic carbocycles. The predicted octanol–water partition coefficient (Wildman–Crippen LogP) is 0.552. The van der Waals surface area contributed by atoms with Gasteiger partial charge in [-0.05, 0) is 18.2 Å². The van der Waals surface area contributed by atoms with Gasteiger partial charge in [-0.2, -0.15) is 0 Å². The Hall–Kier alpha value is -2.22. The van der Waals surface area contributed by atoms with Gasteiger partial charge in [-0.15, -0.1) is 23.1 Å². The first kappa shape index (κ1) is 23.0. The van der Waals surface area contributed by atoms with Gasteiger partial charge in [0.05, 0.1) is 16.8 Å². The topological polar surface area (TPSA) is 154 Å². The minimum absolute atomic E-state index is 0.0268. The molecule has 0 spiro atoms. The summed E-state index contributed by atoms with van der Waals surface area (Å²) >= 11 is 2.91. The van der Waals surface area contributed by atoms with E-state index in [0.29, 0.717) is 11.5 Å². The molecule has 0 saturated carbocycles. The van der Waals surface area contributed by atoms with Crippen LogP contribution < -0.4 is 10.1 Å². The summed E-state index contributed by atoms with van der Waals surface area (Å²) in [6.45, 7) is 4.29. The lowest BCUT2D eigenvalue weighted by Crippen LogP contribution is -2.65. The summed E-state index contributed by atoms with van der Waals surface area (Å²) in [5.41, 5.74) is 0.735. The number of aromatic nitrogens is 1. The molecular formula is C20H23N3O7S2.